The van der Waals surface area contributed by atoms with E-state index in [1.807, 2.05) is 0 Å². The van der Waals surface area contributed by atoms with E-state index >= 15 is 0 Å². The SMILES string of the molecule is O=C(NO)C1CN(C(=O)COc2ccccc2)CCN1S(=O)(=O)c1ccc(O)cc1. The lowest BCUT2D eigenvalue weighted by atomic mass is 10.2. The number of ether oxygens (including phenoxy) is 1. The molecule has 0 aromatic heterocycles. The zero-order valence-electron chi connectivity index (χ0n) is 15.8. The van der Waals surface area contributed by atoms with E-state index in [9.17, 15) is 23.1 Å². The first kappa shape index (κ1) is 21.6. The third kappa shape index (κ3) is 4.70. The second-order valence-electron chi connectivity index (χ2n) is 6.54. The topological polar surface area (TPSA) is 136 Å². The van der Waals surface area contributed by atoms with Crippen molar-refractivity contribution in [1.29, 1.82) is 0 Å². The monoisotopic (exact) mass is 435 g/mol. The van der Waals surface area contributed by atoms with Gasteiger partial charge in [0.1, 0.15) is 17.5 Å². The van der Waals surface area contributed by atoms with Gasteiger partial charge in [-0.05, 0) is 36.4 Å². The Kier molecular flexibility index (Phi) is 6.55. The average molecular weight is 435 g/mol. The molecule has 0 aliphatic carbocycles. The summed E-state index contributed by atoms with van der Waals surface area (Å²) in [4.78, 5) is 25.9. The molecule has 1 saturated heterocycles. The molecule has 10 nitrogen and oxygen atoms in total. The summed E-state index contributed by atoms with van der Waals surface area (Å²) in [6.07, 6.45) is 0. The molecule has 2 amide bonds. The van der Waals surface area contributed by atoms with Gasteiger partial charge in [0.2, 0.25) is 10.0 Å². The number of amides is 2. The summed E-state index contributed by atoms with van der Waals surface area (Å²) < 4.78 is 32.3. The van der Waals surface area contributed by atoms with E-state index in [4.69, 9.17) is 9.94 Å². The van der Waals surface area contributed by atoms with Gasteiger partial charge in [-0.15, -0.1) is 0 Å². The van der Waals surface area contributed by atoms with E-state index in [1.54, 1.807) is 30.3 Å². The van der Waals surface area contributed by atoms with Crippen LogP contribution in [0.15, 0.2) is 59.5 Å². The summed E-state index contributed by atoms with van der Waals surface area (Å²) in [7, 11) is -4.11. The van der Waals surface area contributed by atoms with E-state index in [0.717, 1.165) is 4.31 Å². The van der Waals surface area contributed by atoms with Crippen LogP contribution in [0.4, 0.5) is 0 Å². The number of nitrogens with one attached hydrogen (secondary N) is 1. The number of carbonyl (C=O) groups is 2. The second kappa shape index (κ2) is 9.11. The molecule has 3 N–H and O–H groups in total. The van der Waals surface area contributed by atoms with Crippen LogP contribution in [0.3, 0.4) is 0 Å². The Balaban J connectivity index is 1.74. The summed E-state index contributed by atoms with van der Waals surface area (Å²) in [5.74, 6) is -0.980. The number of phenols is 1. The van der Waals surface area contributed by atoms with Crippen LogP contribution in [-0.2, 0) is 19.6 Å². The molecule has 0 radical (unpaired) electrons. The fourth-order valence-electron chi connectivity index (χ4n) is 3.08. The molecule has 1 unspecified atom stereocenters. The average Bonchev–Trinajstić information content (AvgIpc) is 2.77. The smallest absolute Gasteiger partial charge is 0.263 e. The Morgan fingerprint density at radius 2 is 1.73 bits per heavy atom. The number of para-hydroxylation sites is 1. The number of hydroxylamine groups is 1. The number of piperazine rings is 1. The lowest BCUT2D eigenvalue weighted by molar-refractivity contribution is -0.140. The van der Waals surface area contributed by atoms with Crippen LogP contribution in [0.5, 0.6) is 11.5 Å². The molecule has 1 atom stereocenters. The minimum atomic E-state index is -4.11. The Morgan fingerprint density at radius 1 is 1.07 bits per heavy atom. The highest BCUT2D eigenvalue weighted by atomic mass is 32.2. The van der Waals surface area contributed by atoms with Crippen molar-refractivity contribution in [3.8, 4) is 11.5 Å². The summed E-state index contributed by atoms with van der Waals surface area (Å²) in [5.41, 5.74) is 1.46. The zero-order valence-corrected chi connectivity index (χ0v) is 16.7. The van der Waals surface area contributed by atoms with E-state index in [-0.39, 0.29) is 36.9 Å². The Hall–Kier alpha value is -3.15. The van der Waals surface area contributed by atoms with Gasteiger partial charge in [-0.1, -0.05) is 18.2 Å². The maximum atomic E-state index is 13.0. The number of sulfonamides is 1. The van der Waals surface area contributed by atoms with Crippen LogP contribution in [0.1, 0.15) is 0 Å². The highest BCUT2D eigenvalue weighted by Gasteiger charge is 2.41. The van der Waals surface area contributed by atoms with Crippen LogP contribution in [0.25, 0.3) is 0 Å². The van der Waals surface area contributed by atoms with E-state index in [1.165, 1.54) is 34.6 Å². The minimum Gasteiger partial charge on any atom is -0.508 e. The molecule has 0 bridgehead atoms. The molecule has 1 aliphatic rings. The number of benzene rings is 2. The van der Waals surface area contributed by atoms with E-state index < -0.39 is 27.9 Å². The molecule has 0 spiro atoms. The van der Waals surface area contributed by atoms with Crippen molar-refractivity contribution in [3.05, 3.63) is 54.6 Å². The second-order valence-corrected chi connectivity index (χ2v) is 8.43. The molecule has 3 rings (SSSR count). The zero-order chi connectivity index (χ0) is 21.7. The summed E-state index contributed by atoms with van der Waals surface area (Å²) in [5, 5.41) is 18.5. The molecule has 2 aromatic carbocycles. The van der Waals surface area contributed by atoms with Gasteiger partial charge >= 0.3 is 0 Å². The maximum Gasteiger partial charge on any atom is 0.263 e. The standard InChI is InChI=1S/C19H21N3O7S/c23-14-6-8-16(9-7-14)30(27,28)22-11-10-21(12-17(22)19(25)20-26)18(24)13-29-15-4-2-1-3-5-15/h1-9,17,23,26H,10-13H2,(H,20,25). The number of hydrogen-bond acceptors (Lipinski definition) is 7. The van der Waals surface area contributed by atoms with Gasteiger partial charge in [0.25, 0.3) is 11.8 Å². The van der Waals surface area contributed by atoms with Crippen LogP contribution < -0.4 is 10.2 Å². The van der Waals surface area contributed by atoms with Crippen LogP contribution in [0, 0.1) is 0 Å². The van der Waals surface area contributed by atoms with Gasteiger partial charge in [0.15, 0.2) is 6.61 Å². The van der Waals surface area contributed by atoms with Gasteiger partial charge < -0.3 is 14.7 Å². The first-order valence-corrected chi connectivity index (χ1v) is 10.5. The van der Waals surface area contributed by atoms with Gasteiger partial charge in [0.05, 0.1) is 4.90 Å². The molecule has 1 heterocycles. The summed E-state index contributed by atoms with van der Waals surface area (Å²) >= 11 is 0. The van der Waals surface area contributed by atoms with Crippen molar-refractivity contribution in [1.82, 2.24) is 14.7 Å². The van der Waals surface area contributed by atoms with Gasteiger partial charge in [-0.3, -0.25) is 14.8 Å². The normalized spacial score (nSPS) is 17.4. The number of nitrogens with zero attached hydrogens (tertiary/aromatic N) is 2. The Labute approximate surface area is 173 Å². The van der Waals surface area contributed by atoms with Crippen molar-refractivity contribution < 1.29 is 33.1 Å². The number of rotatable bonds is 6. The predicted octanol–water partition coefficient (Wildman–Crippen LogP) is 0.178. The molecule has 30 heavy (non-hydrogen) atoms. The molecule has 2 aromatic rings. The molecule has 0 saturated carbocycles. The molecular formula is C19H21N3O7S. The quantitative estimate of drug-likeness (QED) is 0.435. The fourth-order valence-corrected chi connectivity index (χ4v) is 4.65. The van der Waals surface area contributed by atoms with Gasteiger partial charge in [-0.25, -0.2) is 13.9 Å². The third-order valence-electron chi connectivity index (χ3n) is 4.65. The lowest BCUT2D eigenvalue weighted by Gasteiger charge is -2.39. The number of phenolic OH excluding ortho intramolecular Hbond substituents is 1. The summed E-state index contributed by atoms with van der Waals surface area (Å²) in [6, 6.07) is 12.2. The molecular weight excluding hydrogens is 414 g/mol. The predicted molar refractivity (Wildman–Crippen MR) is 104 cm³/mol. The van der Waals surface area contributed by atoms with Crippen molar-refractivity contribution >= 4 is 21.8 Å². The molecule has 1 fully saturated rings. The molecule has 11 heteroatoms. The Bertz CT molecular complexity index is 997. The van der Waals surface area contributed by atoms with Crippen molar-refractivity contribution in [2.75, 3.05) is 26.2 Å². The van der Waals surface area contributed by atoms with Crippen LogP contribution >= 0.6 is 0 Å². The number of aromatic hydroxyl groups is 1. The molecule has 160 valence electrons. The van der Waals surface area contributed by atoms with E-state index in [0.29, 0.717) is 5.75 Å². The Morgan fingerprint density at radius 3 is 2.37 bits per heavy atom. The van der Waals surface area contributed by atoms with Crippen molar-refractivity contribution in [2.45, 2.75) is 10.9 Å². The largest absolute Gasteiger partial charge is 0.508 e. The highest BCUT2D eigenvalue weighted by Crippen LogP contribution is 2.23. The summed E-state index contributed by atoms with van der Waals surface area (Å²) in [6.45, 7) is -0.634. The van der Waals surface area contributed by atoms with Gasteiger partial charge in [0, 0.05) is 19.6 Å². The first-order chi connectivity index (χ1) is 14.3. The lowest BCUT2D eigenvalue weighted by Crippen LogP contribution is -2.61. The van der Waals surface area contributed by atoms with Crippen molar-refractivity contribution in [2.24, 2.45) is 0 Å². The number of carbonyl (C=O) groups excluding carboxylic acids is 2. The molecule has 1 aliphatic heterocycles. The van der Waals surface area contributed by atoms with Gasteiger partial charge in [-0.2, -0.15) is 4.31 Å². The number of hydrogen-bond donors (Lipinski definition) is 3. The van der Waals surface area contributed by atoms with Crippen molar-refractivity contribution in [3.63, 3.8) is 0 Å². The maximum absolute atomic E-state index is 13.0. The minimum absolute atomic E-state index is 0.0451. The van der Waals surface area contributed by atoms with Crippen LogP contribution in [0.2, 0.25) is 0 Å². The highest BCUT2D eigenvalue weighted by molar-refractivity contribution is 7.89. The third-order valence-corrected chi connectivity index (χ3v) is 6.57. The fraction of sp³-hybridized carbons (Fsp3) is 0.263. The first-order valence-electron chi connectivity index (χ1n) is 9.03. The van der Waals surface area contributed by atoms with Crippen LogP contribution in [-0.4, -0.2) is 72.0 Å². The van der Waals surface area contributed by atoms with E-state index in [2.05, 4.69) is 0 Å².